The molecular weight excluding hydrogens is 685 g/mol. The second kappa shape index (κ2) is 13.0. The Morgan fingerprint density at radius 1 is 0.364 bits per heavy atom. The van der Waals surface area contributed by atoms with Gasteiger partial charge in [0.25, 0.3) is 0 Å². The van der Waals surface area contributed by atoms with Crippen molar-refractivity contribution >= 4 is 102 Å². The van der Waals surface area contributed by atoms with Crippen LogP contribution in [0.25, 0.3) is 54.3 Å². The molecule has 0 aliphatic carbocycles. The van der Waals surface area contributed by atoms with E-state index in [9.17, 15) is 0 Å². The highest BCUT2D eigenvalue weighted by atomic mass is 28.3. The fraction of sp³-hybridized carbons (Fsp3) is 0.0588. The van der Waals surface area contributed by atoms with E-state index < -0.39 is 8.07 Å². The van der Waals surface area contributed by atoms with Gasteiger partial charge in [0.2, 0.25) is 0 Å². The number of furan rings is 1. The van der Waals surface area contributed by atoms with Crippen molar-refractivity contribution in [3.05, 3.63) is 188 Å². The molecule has 0 N–H and O–H groups in total. The van der Waals surface area contributed by atoms with E-state index in [4.69, 9.17) is 4.42 Å². The summed E-state index contributed by atoms with van der Waals surface area (Å²) in [5.74, 6) is 0. The van der Waals surface area contributed by atoms with Crippen LogP contribution in [0.4, 0.5) is 34.1 Å². The molecule has 0 atom stereocenters. The zero-order chi connectivity index (χ0) is 37.1. The second-order valence-corrected chi connectivity index (χ2v) is 20.5. The Labute approximate surface area is 322 Å². The highest BCUT2D eigenvalue weighted by Crippen LogP contribution is 2.45. The van der Waals surface area contributed by atoms with Gasteiger partial charge in [-0.1, -0.05) is 128 Å². The molecule has 4 heteroatoms. The van der Waals surface area contributed by atoms with E-state index in [1.54, 1.807) is 0 Å². The number of rotatable bonds is 7. The highest BCUT2D eigenvalue weighted by molar-refractivity contribution is 6.88. The average molecular weight is 725 g/mol. The van der Waals surface area contributed by atoms with Crippen molar-refractivity contribution in [2.24, 2.45) is 0 Å². The van der Waals surface area contributed by atoms with E-state index in [1.165, 1.54) is 26.7 Å². The summed E-state index contributed by atoms with van der Waals surface area (Å²) in [5.41, 5.74) is 8.39. The molecule has 0 saturated heterocycles. The van der Waals surface area contributed by atoms with Crippen LogP contribution in [0.5, 0.6) is 0 Å². The van der Waals surface area contributed by atoms with Crippen LogP contribution >= 0.6 is 0 Å². The first kappa shape index (κ1) is 33.0. The number of para-hydroxylation sites is 2. The molecule has 0 fully saturated rings. The van der Waals surface area contributed by atoms with Crippen molar-refractivity contribution in [2.45, 2.75) is 19.6 Å². The quantitative estimate of drug-likeness (QED) is 0.121. The Morgan fingerprint density at radius 3 is 1.56 bits per heavy atom. The third-order valence-corrected chi connectivity index (χ3v) is 13.0. The summed E-state index contributed by atoms with van der Waals surface area (Å²) >= 11 is 0. The zero-order valence-electron chi connectivity index (χ0n) is 31.2. The lowest BCUT2D eigenvalue weighted by atomic mass is 9.96. The molecule has 0 bridgehead atoms. The van der Waals surface area contributed by atoms with Gasteiger partial charge in [-0.15, -0.1) is 0 Å². The van der Waals surface area contributed by atoms with Gasteiger partial charge in [-0.05, 0) is 106 Å². The van der Waals surface area contributed by atoms with Crippen molar-refractivity contribution in [3.8, 4) is 0 Å². The number of hydrogen-bond acceptors (Lipinski definition) is 3. The molecule has 10 aromatic rings. The number of benzene rings is 9. The van der Waals surface area contributed by atoms with Crippen LogP contribution in [0.2, 0.25) is 19.6 Å². The summed E-state index contributed by atoms with van der Waals surface area (Å²) < 4.78 is 6.98. The minimum Gasteiger partial charge on any atom is -0.455 e. The molecule has 0 aliphatic heterocycles. The first-order valence-electron chi connectivity index (χ1n) is 19.0. The molecule has 55 heavy (non-hydrogen) atoms. The Kier molecular flexibility index (Phi) is 7.82. The van der Waals surface area contributed by atoms with Crippen LogP contribution in [-0.2, 0) is 0 Å². The first-order valence-corrected chi connectivity index (χ1v) is 22.5. The minimum atomic E-state index is -1.44. The summed E-state index contributed by atoms with van der Waals surface area (Å²) in [6.07, 6.45) is 0. The molecular formula is C51H40N2OSi. The summed E-state index contributed by atoms with van der Waals surface area (Å²) in [4.78, 5) is 4.68. The van der Waals surface area contributed by atoms with Crippen LogP contribution < -0.4 is 15.0 Å². The topological polar surface area (TPSA) is 19.6 Å². The average Bonchev–Trinajstić information content (AvgIpc) is 3.61. The lowest BCUT2D eigenvalue weighted by Crippen LogP contribution is -2.37. The number of anilines is 6. The van der Waals surface area contributed by atoms with Crippen LogP contribution in [0.3, 0.4) is 0 Å². The Hall–Kier alpha value is -6.62. The Balaban J connectivity index is 1.16. The van der Waals surface area contributed by atoms with Gasteiger partial charge in [0.1, 0.15) is 11.2 Å². The third kappa shape index (κ3) is 5.74. The van der Waals surface area contributed by atoms with Crippen LogP contribution in [0.15, 0.2) is 192 Å². The van der Waals surface area contributed by atoms with Crippen LogP contribution in [-0.4, -0.2) is 8.07 Å². The predicted molar refractivity (Wildman–Crippen MR) is 239 cm³/mol. The monoisotopic (exact) mass is 724 g/mol. The van der Waals surface area contributed by atoms with Gasteiger partial charge < -0.3 is 14.2 Å². The van der Waals surface area contributed by atoms with Gasteiger partial charge >= 0.3 is 0 Å². The summed E-state index contributed by atoms with van der Waals surface area (Å²) in [7, 11) is -1.44. The Morgan fingerprint density at radius 2 is 0.873 bits per heavy atom. The van der Waals surface area contributed by atoms with E-state index in [0.717, 1.165) is 66.8 Å². The zero-order valence-corrected chi connectivity index (χ0v) is 32.2. The van der Waals surface area contributed by atoms with E-state index in [-0.39, 0.29) is 0 Å². The summed E-state index contributed by atoms with van der Waals surface area (Å²) in [6.45, 7) is 7.18. The molecule has 0 aliphatic rings. The van der Waals surface area contributed by atoms with Gasteiger partial charge in [-0.2, -0.15) is 0 Å². The van der Waals surface area contributed by atoms with Crippen molar-refractivity contribution in [3.63, 3.8) is 0 Å². The van der Waals surface area contributed by atoms with Gasteiger partial charge in [0.05, 0.1) is 8.07 Å². The molecule has 3 nitrogen and oxygen atoms in total. The normalized spacial score (nSPS) is 11.9. The van der Waals surface area contributed by atoms with Gasteiger partial charge in [0.15, 0.2) is 0 Å². The Bertz CT molecular complexity index is 3020. The van der Waals surface area contributed by atoms with Gasteiger partial charge in [-0.25, -0.2) is 0 Å². The maximum absolute atomic E-state index is 6.98. The van der Waals surface area contributed by atoms with Crippen molar-refractivity contribution < 1.29 is 4.42 Å². The number of nitrogens with zero attached hydrogens (tertiary/aromatic N) is 2. The summed E-state index contributed by atoms with van der Waals surface area (Å²) in [5, 5.41) is 10.8. The minimum absolute atomic E-state index is 0.871. The molecule has 0 spiro atoms. The molecule has 0 unspecified atom stereocenters. The molecule has 0 amide bonds. The number of fused-ring (bicyclic) bond motifs is 9. The molecule has 10 rings (SSSR count). The number of hydrogen-bond donors (Lipinski definition) is 0. The molecule has 1 aromatic heterocycles. The first-order chi connectivity index (χ1) is 26.9. The molecule has 9 aromatic carbocycles. The van der Waals surface area contributed by atoms with E-state index in [1.807, 2.05) is 0 Å². The van der Waals surface area contributed by atoms with Gasteiger partial charge in [0, 0.05) is 56.3 Å². The lowest BCUT2D eigenvalue weighted by Gasteiger charge is -2.26. The maximum Gasteiger partial charge on any atom is 0.143 e. The highest BCUT2D eigenvalue weighted by Gasteiger charge is 2.22. The largest absolute Gasteiger partial charge is 0.455 e. The van der Waals surface area contributed by atoms with Crippen molar-refractivity contribution in [1.82, 2.24) is 0 Å². The van der Waals surface area contributed by atoms with E-state index >= 15 is 0 Å². The van der Waals surface area contributed by atoms with E-state index in [2.05, 4.69) is 217 Å². The molecule has 0 radical (unpaired) electrons. The van der Waals surface area contributed by atoms with Gasteiger partial charge in [-0.3, -0.25) is 0 Å². The summed E-state index contributed by atoms with van der Waals surface area (Å²) in [6, 6.07) is 67.9. The fourth-order valence-electron chi connectivity index (χ4n) is 8.18. The smallest absolute Gasteiger partial charge is 0.143 e. The lowest BCUT2D eigenvalue weighted by molar-refractivity contribution is 0.673. The van der Waals surface area contributed by atoms with Crippen LogP contribution in [0, 0.1) is 0 Å². The van der Waals surface area contributed by atoms with Crippen molar-refractivity contribution in [2.75, 3.05) is 9.80 Å². The van der Waals surface area contributed by atoms with Crippen molar-refractivity contribution in [1.29, 1.82) is 0 Å². The van der Waals surface area contributed by atoms with Crippen LogP contribution in [0.1, 0.15) is 0 Å². The second-order valence-electron chi connectivity index (χ2n) is 15.4. The van der Waals surface area contributed by atoms with E-state index in [0.29, 0.717) is 0 Å². The maximum atomic E-state index is 6.98. The standard InChI is InChI=1S/C51H40N2OSi/c1-55(2,3)43-28-24-39(25-29-43)52(37-16-6-4-7-17-37)42-27-31-47-49(34-42)54-51-46-30-26-41(33-48(46)44-20-12-13-21-45(44)50(47)51)53(38-18-8-5-9-19-38)40-23-22-35-14-10-11-15-36(35)32-40/h4-34H,1-3H3. The molecule has 264 valence electrons. The molecule has 0 saturated carbocycles. The third-order valence-electron chi connectivity index (χ3n) is 10.9. The fourth-order valence-corrected chi connectivity index (χ4v) is 9.35. The SMILES string of the molecule is C[Si](C)(C)c1ccc(N(c2ccccc2)c2ccc3c(c2)oc2c4ccc(N(c5ccccc5)c5ccc6ccccc6c5)cc4c4ccccc4c32)cc1. The predicted octanol–water partition coefficient (Wildman–Crippen LogP) is 14.5. The molecule has 1 heterocycles.